The molecule has 3 aromatic carbocycles. The molecule has 3 aromatic rings. The fourth-order valence-corrected chi connectivity index (χ4v) is 4.48. The Labute approximate surface area is 210 Å². The number of benzene rings is 3. The van der Waals surface area contributed by atoms with Gasteiger partial charge in [0.2, 0.25) is 0 Å². The molecule has 1 fully saturated rings. The summed E-state index contributed by atoms with van der Waals surface area (Å²) >= 11 is 12.8. The summed E-state index contributed by atoms with van der Waals surface area (Å²) in [7, 11) is 1.52. The lowest BCUT2D eigenvalue weighted by Crippen LogP contribution is -2.27. The van der Waals surface area contributed by atoms with E-state index in [0.717, 1.165) is 28.3 Å². The molecule has 34 heavy (non-hydrogen) atoms. The maximum atomic E-state index is 13.3. The van der Waals surface area contributed by atoms with E-state index in [2.05, 4.69) is 0 Å². The minimum atomic E-state index is -0.494. The van der Waals surface area contributed by atoms with Gasteiger partial charge in [-0.25, -0.2) is 4.39 Å². The molecule has 0 atom stereocenters. The molecule has 1 saturated heterocycles. The molecule has 1 aliphatic rings. The summed E-state index contributed by atoms with van der Waals surface area (Å²) in [5.74, 6) is -0.0397. The van der Waals surface area contributed by atoms with E-state index in [1.807, 2.05) is 12.1 Å². The van der Waals surface area contributed by atoms with Crippen LogP contribution in [0.5, 0.6) is 11.5 Å². The van der Waals surface area contributed by atoms with Crippen molar-refractivity contribution in [1.29, 1.82) is 0 Å². The minimum absolute atomic E-state index is 0.0564. The zero-order chi connectivity index (χ0) is 24.2. The van der Waals surface area contributed by atoms with E-state index >= 15 is 0 Å². The molecule has 2 amide bonds. The van der Waals surface area contributed by atoms with Crippen LogP contribution in [0, 0.1) is 5.82 Å². The van der Waals surface area contributed by atoms with Gasteiger partial charge in [0.15, 0.2) is 11.5 Å². The third-order valence-corrected chi connectivity index (χ3v) is 6.54. The topological polar surface area (TPSA) is 55.8 Å². The molecule has 174 valence electrons. The van der Waals surface area contributed by atoms with Crippen LogP contribution in [-0.2, 0) is 17.9 Å². The lowest BCUT2D eigenvalue weighted by molar-refractivity contribution is -0.123. The summed E-state index contributed by atoms with van der Waals surface area (Å²) in [6.45, 7) is 0.197. The van der Waals surface area contributed by atoms with Crippen LogP contribution >= 0.6 is 35.0 Å². The summed E-state index contributed by atoms with van der Waals surface area (Å²) in [5.41, 5.74) is 1.95. The quantitative estimate of drug-likeness (QED) is 0.317. The van der Waals surface area contributed by atoms with Crippen molar-refractivity contribution in [3.63, 3.8) is 0 Å². The highest BCUT2D eigenvalue weighted by Crippen LogP contribution is 2.38. The molecule has 0 spiro atoms. The van der Waals surface area contributed by atoms with E-state index in [0.29, 0.717) is 27.6 Å². The number of para-hydroxylation sites is 1. The second kappa shape index (κ2) is 10.5. The molecule has 1 heterocycles. The van der Waals surface area contributed by atoms with E-state index in [-0.39, 0.29) is 23.1 Å². The summed E-state index contributed by atoms with van der Waals surface area (Å²) in [5, 5.41) is 0.330. The zero-order valence-electron chi connectivity index (χ0n) is 17.9. The first kappa shape index (κ1) is 24.1. The van der Waals surface area contributed by atoms with Crippen LogP contribution < -0.4 is 9.47 Å². The predicted molar refractivity (Wildman–Crippen MR) is 132 cm³/mol. The van der Waals surface area contributed by atoms with E-state index in [1.54, 1.807) is 36.4 Å². The molecule has 5 nitrogen and oxygen atoms in total. The Hall–Kier alpha value is -3.00. The second-order valence-corrected chi connectivity index (χ2v) is 9.13. The normalized spacial score (nSPS) is 14.7. The molecule has 0 bridgehead atoms. The van der Waals surface area contributed by atoms with Crippen molar-refractivity contribution in [3.8, 4) is 11.5 Å². The van der Waals surface area contributed by atoms with Gasteiger partial charge in [0, 0.05) is 15.6 Å². The maximum Gasteiger partial charge on any atom is 0.293 e. The SMILES string of the molecule is COc1cccc(/C=C2\SC(=O)N(Cc3ccc(F)cc3Cl)C2=O)c1OCc1ccc(Cl)cc1. The molecule has 1 aliphatic heterocycles. The monoisotopic (exact) mass is 517 g/mol. The molecule has 0 unspecified atom stereocenters. The Morgan fingerprint density at radius 3 is 2.53 bits per heavy atom. The molecule has 0 N–H and O–H groups in total. The number of halogens is 3. The van der Waals surface area contributed by atoms with Crippen LogP contribution in [-0.4, -0.2) is 23.2 Å². The number of imide groups is 1. The van der Waals surface area contributed by atoms with Gasteiger partial charge in [-0.2, -0.15) is 0 Å². The third-order valence-electron chi connectivity index (χ3n) is 5.03. The van der Waals surface area contributed by atoms with Crippen molar-refractivity contribution in [2.75, 3.05) is 7.11 Å². The molecule has 4 rings (SSSR count). The number of carbonyl (C=O) groups excluding carboxylic acids is 2. The van der Waals surface area contributed by atoms with Gasteiger partial charge in [-0.3, -0.25) is 14.5 Å². The van der Waals surface area contributed by atoms with Gasteiger partial charge in [-0.05, 0) is 59.3 Å². The number of carbonyl (C=O) groups is 2. The van der Waals surface area contributed by atoms with Crippen molar-refractivity contribution >= 4 is 52.2 Å². The first-order valence-electron chi connectivity index (χ1n) is 10.1. The van der Waals surface area contributed by atoms with Crippen LogP contribution in [0.3, 0.4) is 0 Å². The van der Waals surface area contributed by atoms with E-state index in [1.165, 1.54) is 19.2 Å². The number of rotatable bonds is 7. The number of amides is 2. The van der Waals surface area contributed by atoms with Gasteiger partial charge in [-0.15, -0.1) is 0 Å². The standard InChI is InChI=1S/C25H18Cl2FNO4S/c1-32-21-4-2-3-16(23(21)33-14-15-5-8-18(26)9-6-15)11-22-24(30)29(25(31)34-22)13-17-7-10-19(28)12-20(17)27/h2-12H,13-14H2,1H3/b22-11-. The van der Waals surface area contributed by atoms with Crippen molar-refractivity contribution in [1.82, 2.24) is 4.90 Å². The lowest BCUT2D eigenvalue weighted by atomic mass is 10.1. The van der Waals surface area contributed by atoms with E-state index in [4.69, 9.17) is 32.7 Å². The molecule has 0 saturated carbocycles. The lowest BCUT2D eigenvalue weighted by Gasteiger charge is -2.14. The molecular formula is C25H18Cl2FNO4S. The van der Waals surface area contributed by atoms with E-state index < -0.39 is 17.0 Å². The first-order chi connectivity index (χ1) is 16.4. The fraction of sp³-hybridized carbons (Fsp3) is 0.120. The van der Waals surface area contributed by atoms with Gasteiger partial charge < -0.3 is 9.47 Å². The average Bonchev–Trinajstić information content (AvgIpc) is 3.08. The first-order valence-corrected chi connectivity index (χ1v) is 11.7. The minimum Gasteiger partial charge on any atom is -0.493 e. The fourth-order valence-electron chi connectivity index (χ4n) is 3.30. The van der Waals surface area contributed by atoms with Gasteiger partial charge in [0.05, 0.1) is 18.6 Å². The zero-order valence-corrected chi connectivity index (χ0v) is 20.2. The number of methoxy groups -OCH3 is 1. The third kappa shape index (κ3) is 5.38. The number of nitrogens with zero attached hydrogens (tertiary/aromatic N) is 1. The van der Waals surface area contributed by atoms with Crippen molar-refractivity contribution < 1.29 is 23.5 Å². The van der Waals surface area contributed by atoms with Crippen molar-refractivity contribution in [2.45, 2.75) is 13.2 Å². The smallest absolute Gasteiger partial charge is 0.293 e. The predicted octanol–water partition coefficient (Wildman–Crippen LogP) is 6.96. The second-order valence-electron chi connectivity index (χ2n) is 7.30. The van der Waals surface area contributed by atoms with Crippen LogP contribution in [0.25, 0.3) is 6.08 Å². The average molecular weight is 518 g/mol. The molecule has 0 radical (unpaired) electrons. The molecule has 9 heteroatoms. The van der Waals surface area contributed by atoms with Crippen LogP contribution in [0.2, 0.25) is 10.0 Å². The van der Waals surface area contributed by atoms with Crippen LogP contribution in [0.1, 0.15) is 16.7 Å². The van der Waals surface area contributed by atoms with Gasteiger partial charge in [0.1, 0.15) is 12.4 Å². The largest absolute Gasteiger partial charge is 0.493 e. The van der Waals surface area contributed by atoms with Crippen molar-refractivity contribution in [3.05, 3.63) is 98.1 Å². The Kier molecular flexibility index (Phi) is 7.46. The number of thioether (sulfide) groups is 1. The van der Waals surface area contributed by atoms with Gasteiger partial charge in [0.25, 0.3) is 11.1 Å². The number of hydrogen-bond donors (Lipinski definition) is 0. The van der Waals surface area contributed by atoms with Crippen LogP contribution in [0.4, 0.5) is 9.18 Å². The summed E-state index contributed by atoms with van der Waals surface area (Å²) < 4.78 is 24.8. The van der Waals surface area contributed by atoms with E-state index in [9.17, 15) is 14.0 Å². The van der Waals surface area contributed by atoms with Gasteiger partial charge >= 0.3 is 0 Å². The number of ether oxygens (including phenoxy) is 2. The highest BCUT2D eigenvalue weighted by Gasteiger charge is 2.35. The molecule has 0 aliphatic carbocycles. The maximum absolute atomic E-state index is 13.3. The summed E-state index contributed by atoms with van der Waals surface area (Å²) in [6.07, 6.45) is 1.59. The highest BCUT2D eigenvalue weighted by atomic mass is 35.5. The molecule has 0 aromatic heterocycles. The number of hydrogen-bond acceptors (Lipinski definition) is 5. The van der Waals surface area contributed by atoms with Gasteiger partial charge in [-0.1, -0.05) is 53.5 Å². The summed E-state index contributed by atoms with van der Waals surface area (Å²) in [4.78, 5) is 26.9. The van der Waals surface area contributed by atoms with Crippen LogP contribution in [0.15, 0.2) is 65.6 Å². The Morgan fingerprint density at radius 1 is 1.06 bits per heavy atom. The Morgan fingerprint density at radius 2 is 1.82 bits per heavy atom. The Balaban J connectivity index is 1.58. The highest BCUT2D eigenvalue weighted by molar-refractivity contribution is 8.18. The van der Waals surface area contributed by atoms with Crippen molar-refractivity contribution in [2.24, 2.45) is 0 Å². The summed E-state index contributed by atoms with van der Waals surface area (Å²) in [6, 6.07) is 16.4. The molecular weight excluding hydrogens is 500 g/mol. The Bertz CT molecular complexity index is 1280.